The number of likely N-dealkylation sites (tertiary alicyclic amines) is 1. The molecule has 1 atom stereocenters. The Kier molecular flexibility index (Phi) is 11.1. The van der Waals surface area contributed by atoms with Gasteiger partial charge >= 0.3 is 6.16 Å². The van der Waals surface area contributed by atoms with Crippen molar-refractivity contribution in [2.75, 3.05) is 52.5 Å². The van der Waals surface area contributed by atoms with E-state index in [0.717, 1.165) is 25.7 Å². The van der Waals surface area contributed by atoms with E-state index in [1.165, 1.54) is 15.8 Å². The number of nitrogens with zero attached hydrogens (tertiary/aromatic N) is 5. The fourth-order valence-electron chi connectivity index (χ4n) is 5.44. The van der Waals surface area contributed by atoms with Gasteiger partial charge in [0.05, 0.1) is 31.9 Å². The summed E-state index contributed by atoms with van der Waals surface area (Å²) in [6.45, 7) is 3.27. The second-order valence-corrected chi connectivity index (χ2v) is 11.5. The molecule has 3 fully saturated rings. The van der Waals surface area contributed by atoms with Crippen molar-refractivity contribution in [3.8, 4) is 11.6 Å². The van der Waals surface area contributed by atoms with Crippen molar-refractivity contribution >= 4 is 29.8 Å². The summed E-state index contributed by atoms with van der Waals surface area (Å²) in [5.41, 5.74) is 0.611. The predicted molar refractivity (Wildman–Crippen MR) is 163 cm³/mol. The molecule has 0 spiro atoms. The van der Waals surface area contributed by atoms with Crippen LogP contribution in [0.2, 0.25) is 0 Å². The number of piperazine rings is 1. The van der Waals surface area contributed by atoms with Crippen LogP contribution in [-0.2, 0) is 24.0 Å². The van der Waals surface area contributed by atoms with Gasteiger partial charge in [-0.25, -0.2) is 9.48 Å². The molecule has 248 valence electrons. The smallest absolute Gasteiger partial charge is 0.467 e. The van der Waals surface area contributed by atoms with Crippen LogP contribution in [-0.4, -0.2) is 119 Å². The topological polar surface area (TPSA) is 165 Å². The van der Waals surface area contributed by atoms with Gasteiger partial charge in [-0.3, -0.25) is 19.2 Å². The van der Waals surface area contributed by atoms with E-state index < -0.39 is 18.1 Å². The van der Waals surface area contributed by atoms with E-state index in [1.807, 2.05) is 13.0 Å². The van der Waals surface area contributed by atoms with Crippen LogP contribution in [0.4, 0.5) is 4.79 Å². The van der Waals surface area contributed by atoms with Gasteiger partial charge in [0.15, 0.2) is 12.3 Å². The van der Waals surface area contributed by atoms with Gasteiger partial charge in [-0.1, -0.05) is 25.1 Å². The van der Waals surface area contributed by atoms with Gasteiger partial charge in [0.1, 0.15) is 6.04 Å². The van der Waals surface area contributed by atoms with Crippen molar-refractivity contribution in [1.82, 2.24) is 35.3 Å². The Labute approximate surface area is 267 Å². The molecule has 0 radical (unpaired) electrons. The van der Waals surface area contributed by atoms with Crippen molar-refractivity contribution in [2.45, 2.75) is 57.5 Å². The average molecular weight is 640 g/mol. The van der Waals surface area contributed by atoms with E-state index in [-0.39, 0.29) is 55.1 Å². The number of hydrogen-bond donors (Lipinski definition) is 2. The molecule has 3 heterocycles. The largest absolute Gasteiger partial charge is 0.527 e. The SMILES string of the molecule is CCCOC(=O)ON1CCN(C(=O)CNC(=O)c2cc(OCC(=O)N3CCC[C@H]3C(=O)NC3CCC3)n(-c3ccccc3)n2)CC1. The second-order valence-electron chi connectivity index (χ2n) is 11.5. The molecule has 0 bridgehead atoms. The Morgan fingerprint density at radius 2 is 1.70 bits per heavy atom. The van der Waals surface area contributed by atoms with Gasteiger partial charge in [-0.05, 0) is 50.7 Å². The third kappa shape index (κ3) is 8.33. The summed E-state index contributed by atoms with van der Waals surface area (Å²) < 4.78 is 12.2. The van der Waals surface area contributed by atoms with Crippen molar-refractivity contribution in [3.05, 3.63) is 42.1 Å². The zero-order valence-electron chi connectivity index (χ0n) is 26.0. The van der Waals surface area contributed by atoms with Gasteiger partial charge in [0.25, 0.3) is 11.8 Å². The predicted octanol–water partition coefficient (Wildman–Crippen LogP) is 1.26. The number of hydroxylamine groups is 2. The van der Waals surface area contributed by atoms with E-state index in [2.05, 4.69) is 15.7 Å². The first-order chi connectivity index (χ1) is 22.3. The molecule has 1 aromatic carbocycles. The molecule has 46 heavy (non-hydrogen) atoms. The lowest BCUT2D eigenvalue weighted by Gasteiger charge is -2.33. The highest BCUT2D eigenvalue weighted by Crippen LogP contribution is 2.23. The van der Waals surface area contributed by atoms with Crippen LogP contribution < -0.4 is 15.4 Å². The van der Waals surface area contributed by atoms with Gasteiger partial charge in [-0.15, -0.1) is 5.06 Å². The standard InChI is InChI=1S/C31H41N7O8/c1-2-18-44-31(43)46-36-16-14-35(15-17-36)26(39)20-32-29(41)24-19-28(38(34-24)23-10-4-3-5-11-23)45-21-27(40)37-13-7-12-25(37)30(42)33-22-8-6-9-22/h3-5,10-11,19,22,25H,2,6-9,12-18,20-21H2,1H3,(H,32,41)(H,33,42)/t25-/m0/s1. The minimum atomic E-state index is -0.775. The fraction of sp³-hybridized carbons (Fsp3) is 0.548. The molecule has 0 unspecified atom stereocenters. The van der Waals surface area contributed by atoms with Crippen LogP contribution in [0.1, 0.15) is 55.9 Å². The lowest BCUT2D eigenvalue weighted by molar-refractivity contribution is -0.156. The molecule has 4 amide bonds. The molecule has 3 aliphatic rings. The van der Waals surface area contributed by atoms with E-state index in [0.29, 0.717) is 51.3 Å². The molecule has 5 rings (SSSR count). The number of carbonyl (C=O) groups excluding carboxylic acids is 5. The Balaban J connectivity index is 1.15. The zero-order chi connectivity index (χ0) is 32.5. The van der Waals surface area contributed by atoms with E-state index in [9.17, 15) is 24.0 Å². The Morgan fingerprint density at radius 3 is 2.39 bits per heavy atom. The first-order valence-electron chi connectivity index (χ1n) is 15.9. The Morgan fingerprint density at radius 1 is 0.935 bits per heavy atom. The first kappa shape index (κ1) is 32.7. The summed E-state index contributed by atoms with van der Waals surface area (Å²) >= 11 is 0. The second kappa shape index (κ2) is 15.6. The zero-order valence-corrected chi connectivity index (χ0v) is 26.0. The minimum absolute atomic E-state index is 0.00170. The molecule has 15 nitrogen and oxygen atoms in total. The molecular weight excluding hydrogens is 598 g/mol. The quantitative estimate of drug-likeness (QED) is 0.323. The number of nitrogens with one attached hydrogen (secondary N) is 2. The summed E-state index contributed by atoms with van der Waals surface area (Å²) in [4.78, 5) is 71.7. The Hall–Kier alpha value is -4.66. The number of benzene rings is 1. The average Bonchev–Trinajstić information content (AvgIpc) is 3.72. The van der Waals surface area contributed by atoms with Gasteiger partial charge in [0.2, 0.25) is 17.7 Å². The minimum Gasteiger partial charge on any atom is -0.467 e. The van der Waals surface area contributed by atoms with Gasteiger partial charge in [0, 0.05) is 31.7 Å². The number of ether oxygens (including phenoxy) is 2. The fourth-order valence-corrected chi connectivity index (χ4v) is 5.44. The van der Waals surface area contributed by atoms with Crippen molar-refractivity contribution in [3.63, 3.8) is 0 Å². The summed E-state index contributed by atoms with van der Waals surface area (Å²) in [7, 11) is 0. The third-order valence-electron chi connectivity index (χ3n) is 8.20. The molecule has 2 aliphatic heterocycles. The highest BCUT2D eigenvalue weighted by Gasteiger charge is 2.36. The maximum absolute atomic E-state index is 13.2. The third-order valence-corrected chi connectivity index (χ3v) is 8.20. The summed E-state index contributed by atoms with van der Waals surface area (Å²) in [6, 6.07) is 10.1. The van der Waals surface area contributed by atoms with Gasteiger partial charge < -0.3 is 34.7 Å². The highest BCUT2D eigenvalue weighted by atomic mass is 16.8. The number of amides is 4. The molecule has 1 aromatic heterocycles. The molecule has 15 heteroatoms. The number of rotatable bonds is 12. The van der Waals surface area contributed by atoms with E-state index >= 15 is 0 Å². The van der Waals surface area contributed by atoms with Crippen LogP contribution in [0.15, 0.2) is 36.4 Å². The first-order valence-corrected chi connectivity index (χ1v) is 15.9. The van der Waals surface area contributed by atoms with E-state index in [1.54, 1.807) is 34.1 Å². The van der Waals surface area contributed by atoms with Crippen molar-refractivity contribution in [1.29, 1.82) is 0 Å². The number of hydrogen-bond acceptors (Lipinski definition) is 10. The van der Waals surface area contributed by atoms with Gasteiger partial charge in [-0.2, -0.15) is 5.10 Å². The maximum atomic E-state index is 13.2. The molecule has 2 aromatic rings. The highest BCUT2D eigenvalue weighted by molar-refractivity contribution is 5.95. The van der Waals surface area contributed by atoms with Crippen LogP contribution in [0.5, 0.6) is 5.88 Å². The van der Waals surface area contributed by atoms with Crippen molar-refractivity contribution < 1.29 is 38.3 Å². The lowest BCUT2D eigenvalue weighted by Crippen LogP contribution is -2.51. The summed E-state index contributed by atoms with van der Waals surface area (Å²) in [6.07, 6.45) is 4.28. The van der Waals surface area contributed by atoms with Crippen LogP contribution in [0.25, 0.3) is 5.69 Å². The summed E-state index contributed by atoms with van der Waals surface area (Å²) in [5.74, 6) is -1.17. The van der Waals surface area contributed by atoms with E-state index in [4.69, 9.17) is 14.3 Å². The van der Waals surface area contributed by atoms with Crippen molar-refractivity contribution in [2.24, 2.45) is 0 Å². The molecular formula is C31H41N7O8. The number of carbonyl (C=O) groups is 5. The maximum Gasteiger partial charge on any atom is 0.527 e. The van der Waals surface area contributed by atoms with Crippen LogP contribution in [0.3, 0.4) is 0 Å². The normalized spacial score (nSPS) is 18.4. The number of aromatic nitrogens is 2. The number of para-hydroxylation sites is 1. The Bertz CT molecular complexity index is 1390. The molecule has 2 N–H and O–H groups in total. The summed E-state index contributed by atoms with van der Waals surface area (Å²) in [5, 5.41) is 11.5. The van der Waals surface area contributed by atoms with Crippen LogP contribution in [0, 0.1) is 0 Å². The molecule has 2 saturated heterocycles. The van der Waals surface area contributed by atoms with Crippen LogP contribution >= 0.6 is 0 Å². The molecule has 1 aliphatic carbocycles. The molecule has 1 saturated carbocycles. The lowest BCUT2D eigenvalue weighted by atomic mass is 9.93. The monoisotopic (exact) mass is 639 g/mol.